The topological polar surface area (TPSA) is 73.8 Å². The largest absolute Gasteiger partial charge is 0.356 e. The van der Waals surface area contributed by atoms with Crippen LogP contribution < -0.4 is 10.6 Å². The number of nitrogens with zero attached hydrogens (tertiary/aromatic N) is 2. The number of thiophene rings is 1. The molecule has 3 rings (SSSR count). The quantitative estimate of drug-likeness (QED) is 0.866. The van der Waals surface area contributed by atoms with Crippen molar-refractivity contribution < 1.29 is 8.42 Å². The third kappa shape index (κ3) is 3.61. The first-order valence-electron chi connectivity index (χ1n) is 7.77. The highest BCUT2D eigenvalue weighted by Crippen LogP contribution is 2.26. The molecule has 0 bridgehead atoms. The Morgan fingerprint density at radius 2 is 2.05 bits per heavy atom. The summed E-state index contributed by atoms with van der Waals surface area (Å²) in [5.74, 6) is 0.806. The molecular weight excluding hydrogens is 320 g/mol. The molecular formula is C14H22N4O2S2. The fraction of sp³-hybridized carbons (Fsp3) is 0.643. The monoisotopic (exact) mass is 342 g/mol. The average molecular weight is 342 g/mol. The molecule has 3 heterocycles. The van der Waals surface area contributed by atoms with Crippen LogP contribution in [0.5, 0.6) is 0 Å². The molecule has 0 aromatic carbocycles. The van der Waals surface area contributed by atoms with Crippen LogP contribution in [0.15, 0.2) is 21.3 Å². The molecule has 8 heteroatoms. The van der Waals surface area contributed by atoms with Crippen molar-refractivity contribution >= 4 is 27.3 Å². The van der Waals surface area contributed by atoms with Gasteiger partial charge in [-0.25, -0.2) is 8.42 Å². The van der Waals surface area contributed by atoms with Crippen molar-refractivity contribution in [2.45, 2.75) is 36.4 Å². The average Bonchev–Trinajstić information content (AvgIpc) is 3.04. The minimum atomic E-state index is -3.31. The van der Waals surface area contributed by atoms with E-state index in [1.165, 1.54) is 11.3 Å². The van der Waals surface area contributed by atoms with Crippen LogP contribution in [0, 0.1) is 0 Å². The Bertz CT molecular complexity index is 633. The Kier molecular flexibility index (Phi) is 5.00. The SMILES string of the molecule is O=S(=O)(c1ccc(CNC2=NCCCN2)s1)N1CCCCC1. The molecule has 1 saturated heterocycles. The van der Waals surface area contributed by atoms with Crippen LogP contribution in [0.25, 0.3) is 0 Å². The summed E-state index contributed by atoms with van der Waals surface area (Å²) >= 11 is 1.35. The lowest BCUT2D eigenvalue weighted by atomic mass is 10.2. The third-order valence-corrected chi connectivity index (χ3v) is 7.32. The van der Waals surface area contributed by atoms with E-state index in [9.17, 15) is 8.42 Å². The van der Waals surface area contributed by atoms with Gasteiger partial charge in [-0.1, -0.05) is 6.42 Å². The number of nitrogens with one attached hydrogen (secondary N) is 2. The van der Waals surface area contributed by atoms with Gasteiger partial charge in [-0.2, -0.15) is 4.31 Å². The molecule has 0 spiro atoms. The van der Waals surface area contributed by atoms with Gasteiger partial charge in [-0.15, -0.1) is 11.3 Å². The van der Waals surface area contributed by atoms with E-state index in [2.05, 4.69) is 15.6 Å². The van der Waals surface area contributed by atoms with Gasteiger partial charge in [-0.3, -0.25) is 4.99 Å². The summed E-state index contributed by atoms with van der Waals surface area (Å²) in [6, 6.07) is 3.61. The number of guanidine groups is 1. The molecule has 122 valence electrons. The molecule has 2 aliphatic rings. The Morgan fingerprint density at radius 3 is 2.77 bits per heavy atom. The fourth-order valence-electron chi connectivity index (χ4n) is 2.65. The molecule has 0 radical (unpaired) electrons. The smallest absolute Gasteiger partial charge is 0.252 e. The minimum Gasteiger partial charge on any atom is -0.356 e. The molecule has 1 aromatic rings. The van der Waals surface area contributed by atoms with E-state index in [1.807, 2.05) is 6.07 Å². The number of sulfonamides is 1. The highest BCUT2D eigenvalue weighted by atomic mass is 32.2. The second-order valence-corrected chi connectivity index (χ2v) is 8.88. The molecule has 0 unspecified atom stereocenters. The van der Waals surface area contributed by atoms with Crippen LogP contribution in [-0.2, 0) is 16.6 Å². The zero-order valence-electron chi connectivity index (χ0n) is 12.5. The van der Waals surface area contributed by atoms with Crippen LogP contribution in [0.3, 0.4) is 0 Å². The van der Waals surface area contributed by atoms with Crippen LogP contribution in [0.2, 0.25) is 0 Å². The lowest BCUT2D eigenvalue weighted by molar-refractivity contribution is 0.347. The zero-order chi connectivity index (χ0) is 15.4. The first-order chi connectivity index (χ1) is 10.7. The van der Waals surface area contributed by atoms with Gasteiger partial charge in [0.15, 0.2) is 5.96 Å². The van der Waals surface area contributed by atoms with Gasteiger partial charge in [0.25, 0.3) is 10.0 Å². The summed E-state index contributed by atoms with van der Waals surface area (Å²) in [6.45, 7) is 3.67. The van der Waals surface area contributed by atoms with Crippen LogP contribution in [0.4, 0.5) is 0 Å². The van der Waals surface area contributed by atoms with Crippen molar-refractivity contribution in [2.75, 3.05) is 26.2 Å². The molecule has 0 atom stereocenters. The predicted molar refractivity (Wildman–Crippen MR) is 88.7 cm³/mol. The lowest BCUT2D eigenvalue weighted by Gasteiger charge is -2.25. The maximum atomic E-state index is 12.6. The van der Waals surface area contributed by atoms with Gasteiger partial charge < -0.3 is 10.6 Å². The summed E-state index contributed by atoms with van der Waals surface area (Å²) in [7, 11) is -3.31. The maximum absolute atomic E-state index is 12.6. The molecule has 0 aliphatic carbocycles. The lowest BCUT2D eigenvalue weighted by Crippen LogP contribution is -2.40. The second kappa shape index (κ2) is 6.97. The number of hydrogen-bond acceptors (Lipinski definition) is 6. The summed E-state index contributed by atoms with van der Waals surface area (Å²) in [5, 5.41) is 6.42. The van der Waals surface area contributed by atoms with Crippen LogP contribution >= 0.6 is 11.3 Å². The number of hydrogen-bond donors (Lipinski definition) is 2. The van der Waals surface area contributed by atoms with Gasteiger partial charge in [0.05, 0.1) is 6.54 Å². The summed E-state index contributed by atoms with van der Waals surface area (Å²) in [5.41, 5.74) is 0. The van der Waals surface area contributed by atoms with Crippen molar-refractivity contribution in [3.05, 3.63) is 17.0 Å². The maximum Gasteiger partial charge on any atom is 0.252 e. The zero-order valence-corrected chi connectivity index (χ0v) is 14.2. The van der Waals surface area contributed by atoms with Gasteiger partial charge in [0.2, 0.25) is 0 Å². The van der Waals surface area contributed by atoms with E-state index in [0.29, 0.717) is 23.8 Å². The third-order valence-electron chi connectivity index (χ3n) is 3.87. The minimum absolute atomic E-state index is 0.449. The molecule has 6 nitrogen and oxygen atoms in total. The van der Waals surface area contributed by atoms with E-state index in [1.54, 1.807) is 10.4 Å². The van der Waals surface area contributed by atoms with Gasteiger partial charge in [0, 0.05) is 31.1 Å². The van der Waals surface area contributed by atoms with Gasteiger partial charge >= 0.3 is 0 Å². The standard InChI is InChI=1S/C14H22N4O2S2/c19-22(20,18-9-2-1-3-10-18)13-6-5-12(21-13)11-17-14-15-7-4-8-16-14/h5-6H,1-4,7-11H2,(H2,15,16,17). The van der Waals surface area contributed by atoms with E-state index < -0.39 is 10.0 Å². The molecule has 0 amide bonds. The van der Waals surface area contributed by atoms with E-state index in [4.69, 9.17) is 0 Å². The molecule has 22 heavy (non-hydrogen) atoms. The van der Waals surface area contributed by atoms with Crippen molar-refractivity contribution in [3.63, 3.8) is 0 Å². The fourth-order valence-corrected chi connectivity index (χ4v) is 5.61. The predicted octanol–water partition coefficient (Wildman–Crippen LogP) is 1.36. The Hall–Kier alpha value is -1.12. The molecule has 1 aromatic heterocycles. The van der Waals surface area contributed by atoms with Gasteiger partial charge in [0.1, 0.15) is 4.21 Å². The first kappa shape index (κ1) is 15.8. The molecule has 1 fully saturated rings. The Morgan fingerprint density at radius 1 is 1.23 bits per heavy atom. The van der Waals surface area contributed by atoms with Crippen molar-refractivity contribution in [3.8, 4) is 0 Å². The number of rotatable bonds is 4. The van der Waals surface area contributed by atoms with Crippen molar-refractivity contribution in [2.24, 2.45) is 4.99 Å². The van der Waals surface area contributed by atoms with E-state index in [-0.39, 0.29) is 0 Å². The molecule has 2 aliphatic heterocycles. The second-order valence-electron chi connectivity index (χ2n) is 5.55. The van der Waals surface area contributed by atoms with Gasteiger partial charge in [-0.05, 0) is 31.4 Å². The summed E-state index contributed by atoms with van der Waals surface area (Å²) in [4.78, 5) is 5.35. The van der Waals surface area contributed by atoms with Crippen LogP contribution in [-0.4, -0.2) is 44.9 Å². The van der Waals surface area contributed by atoms with Crippen molar-refractivity contribution in [1.82, 2.24) is 14.9 Å². The highest BCUT2D eigenvalue weighted by Gasteiger charge is 2.27. The van der Waals surface area contributed by atoms with Crippen molar-refractivity contribution in [1.29, 1.82) is 0 Å². The van der Waals surface area contributed by atoms with Crippen LogP contribution in [0.1, 0.15) is 30.6 Å². The Balaban J connectivity index is 1.63. The van der Waals surface area contributed by atoms with E-state index >= 15 is 0 Å². The Labute approximate surface area is 135 Å². The summed E-state index contributed by atoms with van der Waals surface area (Å²) < 4.78 is 27.2. The highest BCUT2D eigenvalue weighted by molar-refractivity contribution is 7.91. The number of piperidine rings is 1. The molecule has 2 N–H and O–H groups in total. The number of aliphatic imine (C=N–C) groups is 1. The molecule has 0 saturated carbocycles. The normalized spacial score (nSPS) is 20.3. The first-order valence-corrected chi connectivity index (χ1v) is 10.0. The summed E-state index contributed by atoms with van der Waals surface area (Å²) in [6.07, 6.45) is 4.11. The van der Waals surface area contributed by atoms with E-state index in [0.717, 1.165) is 49.6 Å².